The maximum absolute atomic E-state index is 12.6. The van der Waals surface area contributed by atoms with E-state index in [4.69, 9.17) is 11.6 Å². The van der Waals surface area contributed by atoms with Gasteiger partial charge in [0.25, 0.3) is 5.91 Å². The Kier molecular flexibility index (Phi) is 5.52. The molecule has 0 fully saturated rings. The Hall–Kier alpha value is -3.18. The number of halogens is 1. The molecule has 3 aromatic rings. The van der Waals surface area contributed by atoms with Crippen molar-refractivity contribution >= 4 is 40.5 Å². The monoisotopic (exact) mass is 379 g/mol. The van der Waals surface area contributed by atoms with Crippen molar-refractivity contribution in [2.45, 2.75) is 13.8 Å². The van der Waals surface area contributed by atoms with Gasteiger partial charge in [-0.05, 0) is 67.9 Å². The molecule has 0 spiro atoms. The molecule has 0 aliphatic rings. The van der Waals surface area contributed by atoms with Crippen LogP contribution < -0.4 is 10.6 Å². The highest BCUT2D eigenvalue weighted by atomic mass is 35.5. The van der Waals surface area contributed by atoms with Crippen molar-refractivity contribution in [3.05, 3.63) is 82.5 Å². The van der Waals surface area contributed by atoms with Gasteiger partial charge in [0.05, 0.1) is 0 Å². The lowest BCUT2D eigenvalue weighted by molar-refractivity contribution is 0.101. The van der Waals surface area contributed by atoms with Gasteiger partial charge in [-0.1, -0.05) is 17.7 Å². The number of hydrogen-bond acceptors (Lipinski definition) is 4. The fraction of sp³-hybridized carbons (Fsp3) is 0.0952. The zero-order chi connectivity index (χ0) is 19.4. The van der Waals surface area contributed by atoms with Gasteiger partial charge in [-0.15, -0.1) is 0 Å². The van der Waals surface area contributed by atoms with Crippen molar-refractivity contribution in [1.82, 2.24) is 4.98 Å². The second-order valence-corrected chi connectivity index (χ2v) is 6.46. The molecular weight excluding hydrogens is 362 g/mol. The average Bonchev–Trinajstić information content (AvgIpc) is 2.66. The van der Waals surface area contributed by atoms with Crippen molar-refractivity contribution < 1.29 is 9.59 Å². The smallest absolute Gasteiger partial charge is 0.255 e. The quantitative estimate of drug-likeness (QED) is 0.594. The number of amides is 1. The number of aromatic nitrogens is 1. The first kappa shape index (κ1) is 18.6. The molecule has 2 N–H and O–H groups in total. The van der Waals surface area contributed by atoms with Gasteiger partial charge >= 0.3 is 0 Å². The summed E-state index contributed by atoms with van der Waals surface area (Å²) in [5, 5.41) is 6.58. The summed E-state index contributed by atoms with van der Waals surface area (Å²) >= 11 is 6.10. The minimum absolute atomic E-state index is 0.00894. The molecule has 0 aliphatic carbocycles. The fourth-order valence-corrected chi connectivity index (χ4v) is 2.69. The molecular formula is C21H18ClN3O2. The van der Waals surface area contributed by atoms with Gasteiger partial charge in [-0.25, -0.2) is 4.98 Å². The van der Waals surface area contributed by atoms with Crippen LogP contribution in [0.15, 0.2) is 60.8 Å². The molecule has 2 aromatic carbocycles. The maximum Gasteiger partial charge on any atom is 0.255 e. The minimum Gasteiger partial charge on any atom is -0.340 e. The highest BCUT2D eigenvalue weighted by molar-refractivity contribution is 6.31. The summed E-state index contributed by atoms with van der Waals surface area (Å²) in [4.78, 5) is 28.1. The van der Waals surface area contributed by atoms with Crippen LogP contribution in [0.3, 0.4) is 0 Å². The second-order valence-electron chi connectivity index (χ2n) is 6.05. The molecule has 0 saturated heterocycles. The molecule has 0 radical (unpaired) electrons. The number of nitrogens with one attached hydrogen (secondary N) is 2. The molecule has 3 rings (SSSR count). The Morgan fingerprint density at radius 1 is 1.00 bits per heavy atom. The third-order valence-corrected chi connectivity index (χ3v) is 4.51. The topological polar surface area (TPSA) is 71.1 Å². The number of rotatable bonds is 5. The number of hydrogen-bond donors (Lipinski definition) is 2. The number of carbonyl (C=O) groups is 2. The summed E-state index contributed by atoms with van der Waals surface area (Å²) in [6.07, 6.45) is 1.56. The van der Waals surface area contributed by atoms with Crippen LogP contribution in [0.1, 0.15) is 33.2 Å². The third kappa shape index (κ3) is 4.51. The van der Waals surface area contributed by atoms with E-state index < -0.39 is 0 Å². The van der Waals surface area contributed by atoms with E-state index in [2.05, 4.69) is 15.6 Å². The zero-order valence-electron chi connectivity index (χ0n) is 14.9. The van der Waals surface area contributed by atoms with Gasteiger partial charge in [-0.2, -0.15) is 0 Å². The van der Waals surface area contributed by atoms with Crippen LogP contribution in [0, 0.1) is 6.92 Å². The Labute approximate surface area is 162 Å². The van der Waals surface area contributed by atoms with E-state index in [0.29, 0.717) is 27.7 Å². The van der Waals surface area contributed by atoms with Gasteiger partial charge < -0.3 is 10.6 Å². The molecule has 0 saturated carbocycles. The lowest BCUT2D eigenvalue weighted by Gasteiger charge is -2.11. The third-order valence-electron chi connectivity index (χ3n) is 4.10. The van der Waals surface area contributed by atoms with Crippen LogP contribution in [0.2, 0.25) is 5.02 Å². The van der Waals surface area contributed by atoms with Gasteiger partial charge in [0.1, 0.15) is 5.82 Å². The molecule has 5 nitrogen and oxygen atoms in total. The van der Waals surface area contributed by atoms with Crippen LogP contribution in [-0.4, -0.2) is 16.7 Å². The Bertz CT molecular complexity index is 1000. The van der Waals surface area contributed by atoms with Crippen molar-refractivity contribution in [2.75, 3.05) is 10.6 Å². The Balaban J connectivity index is 1.75. The van der Waals surface area contributed by atoms with Crippen LogP contribution in [0.4, 0.5) is 17.2 Å². The van der Waals surface area contributed by atoms with E-state index in [1.165, 1.54) is 6.92 Å². The van der Waals surface area contributed by atoms with Gasteiger partial charge in [0, 0.05) is 33.7 Å². The van der Waals surface area contributed by atoms with Crippen LogP contribution in [0.5, 0.6) is 0 Å². The van der Waals surface area contributed by atoms with E-state index in [1.54, 1.807) is 60.8 Å². The van der Waals surface area contributed by atoms with E-state index in [0.717, 1.165) is 11.3 Å². The summed E-state index contributed by atoms with van der Waals surface area (Å²) in [7, 11) is 0. The van der Waals surface area contributed by atoms with Crippen molar-refractivity contribution in [1.29, 1.82) is 0 Å². The number of ketones is 1. The number of carbonyl (C=O) groups excluding carboxylic acids is 2. The van der Waals surface area contributed by atoms with Crippen LogP contribution in [0.25, 0.3) is 0 Å². The molecule has 0 bridgehead atoms. The van der Waals surface area contributed by atoms with E-state index in [1.807, 2.05) is 6.92 Å². The van der Waals surface area contributed by atoms with E-state index >= 15 is 0 Å². The summed E-state index contributed by atoms with van der Waals surface area (Å²) in [5.41, 5.74) is 3.35. The van der Waals surface area contributed by atoms with Crippen molar-refractivity contribution in [3.63, 3.8) is 0 Å². The fourth-order valence-electron chi connectivity index (χ4n) is 2.51. The lowest BCUT2D eigenvalue weighted by Crippen LogP contribution is -2.13. The lowest BCUT2D eigenvalue weighted by atomic mass is 10.1. The van der Waals surface area contributed by atoms with Crippen molar-refractivity contribution in [3.8, 4) is 0 Å². The highest BCUT2D eigenvalue weighted by Crippen LogP contribution is 2.24. The van der Waals surface area contributed by atoms with Gasteiger partial charge in [-0.3, -0.25) is 9.59 Å². The molecule has 6 heteroatoms. The summed E-state index contributed by atoms with van der Waals surface area (Å²) in [6.45, 7) is 3.37. The molecule has 1 aromatic heterocycles. The number of pyridine rings is 1. The Morgan fingerprint density at radius 3 is 2.44 bits per heavy atom. The number of benzene rings is 2. The first-order chi connectivity index (χ1) is 12.9. The van der Waals surface area contributed by atoms with Crippen molar-refractivity contribution in [2.24, 2.45) is 0 Å². The highest BCUT2D eigenvalue weighted by Gasteiger charge is 2.10. The van der Waals surface area contributed by atoms with Crippen LogP contribution in [-0.2, 0) is 0 Å². The second kappa shape index (κ2) is 8.01. The molecule has 27 heavy (non-hydrogen) atoms. The summed E-state index contributed by atoms with van der Waals surface area (Å²) in [5.74, 6) is 0.286. The molecule has 1 amide bonds. The first-order valence-corrected chi connectivity index (χ1v) is 8.72. The standard InChI is InChI=1S/C21H18ClN3O2/c1-13-18(22)4-3-5-19(13)25-21(27)16-10-11-23-20(12-16)24-17-8-6-15(7-9-17)14(2)26/h3-12H,1-2H3,(H,23,24)(H,25,27). The molecule has 136 valence electrons. The molecule has 1 heterocycles. The molecule has 0 unspecified atom stereocenters. The number of anilines is 3. The van der Waals surface area contributed by atoms with E-state index in [-0.39, 0.29) is 11.7 Å². The predicted octanol–water partition coefficient (Wildman–Crippen LogP) is 5.24. The van der Waals surface area contributed by atoms with Crippen LogP contribution >= 0.6 is 11.6 Å². The number of Topliss-reactive ketones (excluding diaryl/α,β-unsaturated/α-hetero) is 1. The predicted molar refractivity (Wildman–Crippen MR) is 108 cm³/mol. The largest absolute Gasteiger partial charge is 0.340 e. The first-order valence-electron chi connectivity index (χ1n) is 8.34. The van der Waals surface area contributed by atoms with E-state index in [9.17, 15) is 9.59 Å². The Morgan fingerprint density at radius 2 is 1.74 bits per heavy atom. The summed E-state index contributed by atoms with van der Waals surface area (Å²) in [6, 6.07) is 15.7. The van der Waals surface area contributed by atoms with Gasteiger partial charge in [0.15, 0.2) is 5.78 Å². The zero-order valence-corrected chi connectivity index (χ0v) is 15.7. The SMILES string of the molecule is CC(=O)c1ccc(Nc2cc(C(=O)Nc3cccc(Cl)c3C)ccn2)cc1. The van der Waals surface area contributed by atoms with Gasteiger partial charge in [0.2, 0.25) is 0 Å². The maximum atomic E-state index is 12.6. The normalized spacial score (nSPS) is 10.3. The summed E-state index contributed by atoms with van der Waals surface area (Å²) < 4.78 is 0. The molecule has 0 aliphatic heterocycles. The molecule has 0 atom stereocenters. The minimum atomic E-state index is -0.252. The average molecular weight is 380 g/mol. The number of nitrogens with zero attached hydrogens (tertiary/aromatic N) is 1.